The third kappa shape index (κ3) is 2.53. The van der Waals surface area contributed by atoms with Gasteiger partial charge in [-0.25, -0.2) is 18.4 Å². The average Bonchev–Trinajstić information content (AvgIpc) is 2.77. The van der Waals surface area contributed by atoms with Gasteiger partial charge in [0.05, 0.1) is 24.1 Å². The summed E-state index contributed by atoms with van der Waals surface area (Å²) in [6, 6.07) is 5.45. The fourth-order valence-corrected chi connectivity index (χ4v) is 4.05. The molecule has 1 aromatic heterocycles. The summed E-state index contributed by atoms with van der Waals surface area (Å²) in [5.41, 5.74) is 0.766. The fraction of sp³-hybridized carbons (Fsp3) is 0.385. The number of benzene rings is 1. The number of fused-ring (bicyclic) bond motifs is 1. The minimum absolute atomic E-state index is 0.0831. The monoisotopic (exact) mass is 293 g/mol. The van der Waals surface area contributed by atoms with Crippen LogP contribution >= 0.6 is 0 Å². The highest BCUT2D eigenvalue weighted by molar-refractivity contribution is 7.91. The highest BCUT2D eigenvalue weighted by Gasteiger charge is 2.28. The van der Waals surface area contributed by atoms with Crippen LogP contribution in [0.25, 0.3) is 10.9 Å². The van der Waals surface area contributed by atoms with Crippen LogP contribution in [0.2, 0.25) is 0 Å². The van der Waals surface area contributed by atoms with Gasteiger partial charge in [-0.1, -0.05) is 0 Å². The Bertz CT molecular complexity index is 746. The molecule has 0 aliphatic carbocycles. The number of aromatic nitrogens is 2. The molecule has 1 atom stereocenters. The van der Waals surface area contributed by atoms with E-state index in [2.05, 4.69) is 15.3 Å². The van der Waals surface area contributed by atoms with Crippen LogP contribution in [0, 0.1) is 0 Å². The molecular weight excluding hydrogens is 278 g/mol. The second-order valence-electron chi connectivity index (χ2n) is 4.85. The normalized spacial score (nSPS) is 20.9. The molecule has 20 heavy (non-hydrogen) atoms. The van der Waals surface area contributed by atoms with Gasteiger partial charge in [-0.15, -0.1) is 0 Å². The average molecular weight is 293 g/mol. The van der Waals surface area contributed by atoms with Crippen LogP contribution in [-0.2, 0) is 9.84 Å². The number of ether oxygens (including phenoxy) is 1. The van der Waals surface area contributed by atoms with Crippen LogP contribution in [0.4, 0.5) is 5.82 Å². The van der Waals surface area contributed by atoms with Gasteiger partial charge in [0, 0.05) is 17.5 Å². The van der Waals surface area contributed by atoms with Crippen LogP contribution in [0.3, 0.4) is 0 Å². The van der Waals surface area contributed by atoms with Crippen molar-refractivity contribution in [1.82, 2.24) is 9.97 Å². The molecule has 1 aliphatic heterocycles. The molecular formula is C13H15N3O3S. The first kappa shape index (κ1) is 13.1. The minimum Gasteiger partial charge on any atom is -0.497 e. The van der Waals surface area contributed by atoms with Crippen molar-refractivity contribution in [1.29, 1.82) is 0 Å². The first-order valence-corrected chi connectivity index (χ1v) is 8.15. The molecule has 1 saturated heterocycles. The molecule has 0 saturated carbocycles. The van der Waals surface area contributed by atoms with Gasteiger partial charge >= 0.3 is 0 Å². The number of rotatable bonds is 3. The Morgan fingerprint density at radius 1 is 1.35 bits per heavy atom. The molecule has 1 fully saturated rings. The van der Waals surface area contributed by atoms with E-state index < -0.39 is 9.84 Å². The van der Waals surface area contributed by atoms with E-state index in [9.17, 15) is 8.42 Å². The van der Waals surface area contributed by atoms with Crippen LogP contribution < -0.4 is 10.1 Å². The second kappa shape index (κ2) is 4.90. The molecule has 1 N–H and O–H groups in total. The van der Waals surface area contributed by atoms with Crippen LogP contribution in [0.1, 0.15) is 6.42 Å². The van der Waals surface area contributed by atoms with E-state index >= 15 is 0 Å². The molecule has 2 aromatic rings. The van der Waals surface area contributed by atoms with Crippen molar-refractivity contribution in [2.24, 2.45) is 0 Å². The van der Waals surface area contributed by atoms with E-state index in [1.54, 1.807) is 7.11 Å². The Morgan fingerprint density at radius 2 is 2.20 bits per heavy atom. The predicted molar refractivity (Wildman–Crippen MR) is 76.8 cm³/mol. The van der Waals surface area contributed by atoms with Crippen molar-refractivity contribution in [3.63, 3.8) is 0 Å². The zero-order valence-corrected chi connectivity index (χ0v) is 11.9. The van der Waals surface area contributed by atoms with Crippen molar-refractivity contribution in [2.75, 3.05) is 23.9 Å². The lowest BCUT2D eigenvalue weighted by Gasteiger charge is -2.13. The predicted octanol–water partition coefficient (Wildman–Crippen LogP) is 1.24. The summed E-state index contributed by atoms with van der Waals surface area (Å²) in [6.07, 6.45) is 2.08. The molecule has 0 bridgehead atoms. The summed E-state index contributed by atoms with van der Waals surface area (Å²) in [5.74, 6) is 1.79. The number of hydrogen-bond acceptors (Lipinski definition) is 6. The lowest BCUT2D eigenvalue weighted by Crippen LogP contribution is -2.21. The lowest BCUT2D eigenvalue weighted by molar-refractivity contribution is 0.415. The van der Waals surface area contributed by atoms with Crippen molar-refractivity contribution < 1.29 is 13.2 Å². The highest BCUT2D eigenvalue weighted by Crippen LogP contribution is 2.25. The lowest BCUT2D eigenvalue weighted by atomic mass is 10.2. The second-order valence-corrected chi connectivity index (χ2v) is 7.08. The topological polar surface area (TPSA) is 81.2 Å². The van der Waals surface area contributed by atoms with Crippen LogP contribution in [0.15, 0.2) is 24.5 Å². The van der Waals surface area contributed by atoms with Gasteiger partial charge in [0.25, 0.3) is 0 Å². The molecule has 0 amide bonds. The summed E-state index contributed by atoms with van der Waals surface area (Å²) in [5, 5.41) is 4.06. The van der Waals surface area contributed by atoms with Gasteiger partial charge in [-0.3, -0.25) is 0 Å². The van der Waals surface area contributed by atoms with E-state index in [4.69, 9.17) is 4.74 Å². The quantitative estimate of drug-likeness (QED) is 0.917. The number of nitrogens with zero attached hydrogens (tertiary/aromatic N) is 2. The molecule has 0 spiro atoms. The van der Waals surface area contributed by atoms with Gasteiger partial charge in [-0.2, -0.15) is 0 Å². The minimum atomic E-state index is -2.91. The Kier molecular flexibility index (Phi) is 3.21. The standard InChI is InChI=1S/C13H15N3O3S/c1-19-10-2-3-11-12(6-10)14-8-15-13(11)16-9-4-5-20(17,18)7-9/h2-3,6,8-9H,4-5,7H2,1H3,(H,14,15,16). The molecule has 0 radical (unpaired) electrons. The Hall–Kier alpha value is -1.89. The number of hydrogen-bond donors (Lipinski definition) is 1. The van der Waals surface area contributed by atoms with E-state index in [0.29, 0.717) is 12.2 Å². The first-order valence-electron chi connectivity index (χ1n) is 6.33. The number of sulfone groups is 1. The summed E-state index contributed by atoms with van der Waals surface area (Å²) in [7, 11) is -1.30. The maximum Gasteiger partial charge on any atom is 0.152 e. The highest BCUT2D eigenvalue weighted by atomic mass is 32.2. The summed E-state index contributed by atoms with van der Waals surface area (Å²) >= 11 is 0. The molecule has 1 unspecified atom stereocenters. The third-order valence-corrected chi connectivity index (χ3v) is 5.18. The molecule has 2 heterocycles. The zero-order chi connectivity index (χ0) is 14.2. The van der Waals surface area contributed by atoms with Gasteiger partial charge < -0.3 is 10.1 Å². The largest absolute Gasteiger partial charge is 0.497 e. The van der Waals surface area contributed by atoms with E-state index in [1.165, 1.54) is 6.33 Å². The molecule has 1 aromatic carbocycles. The maximum absolute atomic E-state index is 11.5. The van der Waals surface area contributed by atoms with Crippen LogP contribution in [0.5, 0.6) is 5.75 Å². The maximum atomic E-state index is 11.5. The fourth-order valence-electron chi connectivity index (χ4n) is 2.38. The van der Waals surface area contributed by atoms with Gasteiger partial charge in [0.15, 0.2) is 9.84 Å². The molecule has 6 nitrogen and oxygen atoms in total. The van der Waals surface area contributed by atoms with Crippen molar-refractivity contribution in [3.05, 3.63) is 24.5 Å². The number of nitrogens with one attached hydrogen (secondary N) is 1. The zero-order valence-electron chi connectivity index (χ0n) is 11.0. The van der Waals surface area contributed by atoms with Crippen molar-refractivity contribution in [2.45, 2.75) is 12.5 Å². The summed E-state index contributed by atoms with van der Waals surface area (Å²) in [4.78, 5) is 8.42. The summed E-state index contributed by atoms with van der Waals surface area (Å²) in [6.45, 7) is 0. The van der Waals surface area contributed by atoms with Gasteiger partial charge in [0.2, 0.25) is 0 Å². The molecule has 7 heteroatoms. The van der Waals surface area contributed by atoms with E-state index in [-0.39, 0.29) is 17.5 Å². The van der Waals surface area contributed by atoms with Crippen molar-refractivity contribution >= 4 is 26.6 Å². The Morgan fingerprint density at radius 3 is 2.90 bits per heavy atom. The van der Waals surface area contributed by atoms with E-state index in [0.717, 1.165) is 16.7 Å². The van der Waals surface area contributed by atoms with Gasteiger partial charge in [0.1, 0.15) is 17.9 Å². The third-order valence-electron chi connectivity index (χ3n) is 3.42. The van der Waals surface area contributed by atoms with Crippen molar-refractivity contribution in [3.8, 4) is 5.75 Å². The Labute approximate surface area is 117 Å². The Balaban J connectivity index is 1.92. The SMILES string of the molecule is COc1ccc2c(NC3CCS(=O)(=O)C3)ncnc2c1. The summed E-state index contributed by atoms with van der Waals surface area (Å²) < 4.78 is 28.1. The van der Waals surface area contributed by atoms with Crippen LogP contribution in [-0.4, -0.2) is 43.0 Å². The smallest absolute Gasteiger partial charge is 0.152 e. The first-order chi connectivity index (χ1) is 9.57. The number of anilines is 1. The van der Waals surface area contributed by atoms with Gasteiger partial charge in [-0.05, 0) is 18.6 Å². The number of methoxy groups -OCH3 is 1. The molecule has 1 aliphatic rings. The molecule has 3 rings (SSSR count). The van der Waals surface area contributed by atoms with E-state index in [1.807, 2.05) is 18.2 Å². The molecule has 106 valence electrons.